The van der Waals surface area contributed by atoms with E-state index in [1.807, 2.05) is 31.2 Å². The predicted octanol–water partition coefficient (Wildman–Crippen LogP) is 2.86. The number of fused-ring (bicyclic) bond motifs is 1. The lowest BCUT2D eigenvalue weighted by Gasteiger charge is -2.16. The maximum atomic E-state index is 12.1. The van der Waals surface area contributed by atoms with E-state index in [0.29, 0.717) is 0 Å². The van der Waals surface area contributed by atoms with Gasteiger partial charge in [-0.15, -0.1) is 0 Å². The number of hydrogen-bond donors (Lipinski definition) is 1. The van der Waals surface area contributed by atoms with Crippen LogP contribution in [-0.2, 0) is 4.79 Å². The Morgan fingerprint density at radius 1 is 1.41 bits per heavy atom. The minimum absolute atomic E-state index is 0.00338. The summed E-state index contributed by atoms with van der Waals surface area (Å²) in [5.41, 5.74) is 2.82. The van der Waals surface area contributed by atoms with Crippen LogP contribution in [0.15, 0.2) is 29.3 Å². The van der Waals surface area contributed by atoms with Gasteiger partial charge in [-0.05, 0) is 18.9 Å². The van der Waals surface area contributed by atoms with Crippen molar-refractivity contribution in [1.29, 1.82) is 0 Å². The first-order valence-corrected chi connectivity index (χ1v) is 6.08. The van der Waals surface area contributed by atoms with E-state index in [1.54, 1.807) is 0 Å². The minimum atomic E-state index is -0.271. The van der Waals surface area contributed by atoms with Crippen molar-refractivity contribution in [1.82, 2.24) is 0 Å². The molecule has 3 nitrogen and oxygen atoms in total. The number of nitrogens with zero attached hydrogens (tertiary/aromatic N) is 1. The summed E-state index contributed by atoms with van der Waals surface area (Å²) >= 11 is 0. The van der Waals surface area contributed by atoms with Crippen LogP contribution in [0.5, 0.6) is 0 Å². The summed E-state index contributed by atoms with van der Waals surface area (Å²) in [6, 6.07) is 7.54. The number of anilines is 1. The molecule has 2 rings (SSSR count). The molecule has 0 aliphatic carbocycles. The van der Waals surface area contributed by atoms with Gasteiger partial charge in [-0.25, -0.2) is 0 Å². The quantitative estimate of drug-likeness (QED) is 0.834. The molecule has 1 aliphatic rings. The van der Waals surface area contributed by atoms with E-state index in [4.69, 9.17) is 0 Å². The van der Waals surface area contributed by atoms with Gasteiger partial charge in [0, 0.05) is 17.0 Å². The van der Waals surface area contributed by atoms with Crippen molar-refractivity contribution in [2.24, 2.45) is 10.9 Å². The minimum Gasteiger partial charge on any atom is -0.324 e. The van der Waals surface area contributed by atoms with Crippen molar-refractivity contribution in [3.63, 3.8) is 0 Å². The van der Waals surface area contributed by atoms with Gasteiger partial charge >= 0.3 is 0 Å². The van der Waals surface area contributed by atoms with Crippen molar-refractivity contribution in [2.75, 3.05) is 5.32 Å². The summed E-state index contributed by atoms with van der Waals surface area (Å²) in [5.74, 6) is 0.267. The monoisotopic (exact) mass is 230 g/mol. The number of carbonyl (C=O) groups is 1. The maximum absolute atomic E-state index is 12.1. The number of rotatable bonds is 2. The number of amides is 1. The summed E-state index contributed by atoms with van der Waals surface area (Å²) in [5, 5.41) is 2.96. The standard InChI is InChI=1S/C14H18N2O/c1-4-9(2)13-14(17)16-12-8-6-5-7-11(12)10(3)15-13/h5-9,13H,4H2,1-3H3,(H,16,17)/t9-,13?/m0/s1. The number of nitrogens with one attached hydrogen (secondary N) is 1. The van der Waals surface area contributed by atoms with Gasteiger partial charge in [0.1, 0.15) is 6.04 Å². The highest BCUT2D eigenvalue weighted by atomic mass is 16.2. The highest BCUT2D eigenvalue weighted by Gasteiger charge is 2.27. The van der Waals surface area contributed by atoms with Crippen molar-refractivity contribution < 1.29 is 4.79 Å². The first-order valence-electron chi connectivity index (χ1n) is 6.08. The Labute approximate surface area is 102 Å². The molecule has 1 unspecified atom stereocenters. The Kier molecular flexibility index (Phi) is 3.27. The number of benzodiazepines with no additional fused rings is 1. The van der Waals surface area contributed by atoms with Crippen molar-refractivity contribution >= 4 is 17.3 Å². The third-order valence-corrected chi connectivity index (χ3v) is 3.36. The van der Waals surface area contributed by atoms with Gasteiger partial charge in [0.2, 0.25) is 5.91 Å². The first-order chi connectivity index (χ1) is 8.13. The zero-order valence-corrected chi connectivity index (χ0v) is 10.5. The molecule has 0 radical (unpaired) electrons. The van der Waals surface area contributed by atoms with Crippen LogP contribution in [0.2, 0.25) is 0 Å². The number of hydrogen-bond acceptors (Lipinski definition) is 2. The number of para-hydroxylation sites is 1. The summed E-state index contributed by atoms with van der Waals surface area (Å²) in [6.45, 7) is 6.12. The molecule has 17 heavy (non-hydrogen) atoms. The fourth-order valence-electron chi connectivity index (χ4n) is 2.06. The molecule has 0 bridgehead atoms. The predicted molar refractivity (Wildman–Crippen MR) is 70.5 cm³/mol. The Morgan fingerprint density at radius 2 is 2.12 bits per heavy atom. The molecule has 3 heteroatoms. The Hall–Kier alpha value is -1.64. The molecule has 0 saturated carbocycles. The second kappa shape index (κ2) is 4.70. The Balaban J connectivity index is 2.43. The smallest absolute Gasteiger partial charge is 0.249 e. The molecule has 1 aromatic rings. The van der Waals surface area contributed by atoms with Crippen LogP contribution in [0, 0.1) is 5.92 Å². The van der Waals surface area contributed by atoms with Crippen molar-refractivity contribution in [2.45, 2.75) is 33.2 Å². The molecular weight excluding hydrogens is 212 g/mol. The fourth-order valence-corrected chi connectivity index (χ4v) is 2.06. The average Bonchev–Trinajstić information content (AvgIpc) is 2.46. The normalized spacial score (nSPS) is 21.0. The van der Waals surface area contributed by atoms with Crippen molar-refractivity contribution in [3.05, 3.63) is 29.8 Å². The Morgan fingerprint density at radius 3 is 2.82 bits per heavy atom. The van der Waals surface area contributed by atoms with Gasteiger partial charge in [0.05, 0.1) is 0 Å². The summed E-state index contributed by atoms with van der Waals surface area (Å²) in [6.07, 6.45) is 0.950. The molecule has 2 atom stereocenters. The number of carbonyl (C=O) groups excluding carboxylic acids is 1. The second-order valence-electron chi connectivity index (χ2n) is 4.58. The van der Waals surface area contributed by atoms with Crippen LogP contribution < -0.4 is 5.32 Å². The van der Waals surface area contributed by atoms with Crippen LogP contribution in [0.3, 0.4) is 0 Å². The lowest BCUT2D eigenvalue weighted by atomic mass is 9.99. The zero-order chi connectivity index (χ0) is 12.4. The third kappa shape index (κ3) is 2.23. The second-order valence-corrected chi connectivity index (χ2v) is 4.58. The van der Waals surface area contributed by atoms with Crippen molar-refractivity contribution in [3.8, 4) is 0 Å². The molecule has 0 spiro atoms. The van der Waals surface area contributed by atoms with Gasteiger partial charge in [-0.1, -0.05) is 38.5 Å². The molecule has 0 fully saturated rings. The molecular formula is C14H18N2O. The van der Waals surface area contributed by atoms with E-state index >= 15 is 0 Å². The molecule has 1 aliphatic heterocycles. The highest BCUT2D eigenvalue weighted by molar-refractivity contribution is 6.10. The molecule has 1 heterocycles. The summed E-state index contributed by atoms with van der Waals surface area (Å²) in [7, 11) is 0. The fraction of sp³-hybridized carbons (Fsp3) is 0.429. The van der Waals surface area contributed by atoms with Gasteiger partial charge in [0.15, 0.2) is 0 Å². The highest BCUT2D eigenvalue weighted by Crippen LogP contribution is 2.23. The SMILES string of the molecule is CC[C@H](C)C1N=C(C)c2ccccc2NC1=O. The molecule has 90 valence electrons. The maximum Gasteiger partial charge on any atom is 0.249 e. The largest absolute Gasteiger partial charge is 0.324 e. The van der Waals surface area contributed by atoms with Gasteiger partial charge < -0.3 is 5.32 Å². The van der Waals surface area contributed by atoms with Crippen LogP contribution >= 0.6 is 0 Å². The van der Waals surface area contributed by atoms with E-state index in [0.717, 1.165) is 23.4 Å². The van der Waals surface area contributed by atoms with E-state index in [-0.39, 0.29) is 17.9 Å². The van der Waals surface area contributed by atoms with Gasteiger partial charge in [-0.3, -0.25) is 9.79 Å². The average molecular weight is 230 g/mol. The van der Waals surface area contributed by atoms with E-state index in [1.165, 1.54) is 0 Å². The Bertz CT molecular complexity index is 465. The molecule has 1 amide bonds. The van der Waals surface area contributed by atoms with Crippen LogP contribution in [-0.4, -0.2) is 17.7 Å². The lowest BCUT2D eigenvalue weighted by Crippen LogP contribution is -2.31. The summed E-state index contributed by atoms with van der Waals surface area (Å²) in [4.78, 5) is 16.7. The number of aliphatic imine (C=N–C) groups is 1. The lowest BCUT2D eigenvalue weighted by molar-refractivity contribution is -0.118. The molecule has 0 saturated heterocycles. The van der Waals surface area contributed by atoms with Gasteiger partial charge in [-0.2, -0.15) is 0 Å². The summed E-state index contributed by atoms with van der Waals surface area (Å²) < 4.78 is 0. The zero-order valence-electron chi connectivity index (χ0n) is 10.5. The third-order valence-electron chi connectivity index (χ3n) is 3.36. The van der Waals surface area contributed by atoms with Gasteiger partial charge in [0.25, 0.3) is 0 Å². The van der Waals surface area contributed by atoms with Crippen LogP contribution in [0.25, 0.3) is 0 Å². The van der Waals surface area contributed by atoms with E-state index in [9.17, 15) is 4.79 Å². The number of benzene rings is 1. The molecule has 1 aromatic carbocycles. The van der Waals surface area contributed by atoms with E-state index < -0.39 is 0 Å². The molecule has 0 aromatic heterocycles. The first kappa shape index (κ1) is 11.8. The van der Waals surface area contributed by atoms with E-state index in [2.05, 4.69) is 24.2 Å². The van der Waals surface area contributed by atoms with Crippen LogP contribution in [0.1, 0.15) is 32.8 Å². The van der Waals surface area contributed by atoms with Crippen LogP contribution in [0.4, 0.5) is 5.69 Å². The topological polar surface area (TPSA) is 41.5 Å². The molecule has 1 N–H and O–H groups in total.